The van der Waals surface area contributed by atoms with Gasteiger partial charge in [-0.3, -0.25) is 4.90 Å². The normalized spacial score (nSPS) is 28.7. The fourth-order valence-corrected chi connectivity index (χ4v) is 3.59. The summed E-state index contributed by atoms with van der Waals surface area (Å²) in [5, 5.41) is 0. The molecule has 2 nitrogen and oxygen atoms in total. The van der Waals surface area contributed by atoms with Crippen LogP contribution in [0, 0.1) is 0 Å². The smallest absolute Gasteiger partial charge is 0.0703 e. The van der Waals surface area contributed by atoms with E-state index in [1.807, 2.05) is 0 Å². The molecule has 3 rings (SSSR count). The van der Waals surface area contributed by atoms with Crippen molar-refractivity contribution in [2.24, 2.45) is 0 Å². The van der Waals surface area contributed by atoms with Gasteiger partial charge < -0.3 is 4.74 Å². The zero-order valence-electron chi connectivity index (χ0n) is 11.4. The number of rotatable bonds is 3. The summed E-state index contributed by atoms with van der Waals surface area (Å²) < 4.78 is 6.97. The van der Waals surface area contributed by atoms with Gasteiger partial charge in [0.2, 0.25) is 0 Å². The first-order chi connectivity index (χ1) is 9.33. The summed E-state index contributed by atoms with van der Waals surface area (Å²) in [5.74, 6) is 0. The molecule has 0 saturated carbocycles. The van der Waals surface area contributed by atoms with Crippen molar-refractivity contribution in [2.75, 3.05) is 19.7 Å². The molecule has 2 unspecified atom stereocenters. The molecule has 0 bridgehead atoms. The minimum Gasteiger partial charge on any atom is -0.377 e. The molecule has 2 heterocycles. The van der Waals surface area contributed by atoms with Crippen LogP contribution in [0.5, 0.6) is 0 Å². The predicted molar refractivity (Wildman–Crippen MR) is 81.3 cm³/mol. The Hall–Kier alpha value is -0.380. The zero-order valence-corrected chi connectivity index (χ0v) is 12.9. The lowest BCUT2D eigenvalue weighted by atomic mass is 9.95. The van der Waals surface area contributed by atoms with Gasteiger partial charge >= 0.3 is 0 Å². The largest absolute Gasteiger partial charge is 0.377 e. The minimum absolute atomic E-state index is 0.469. The molecule has 2 atom stereocenters. The summed E-state index contributed by atoms with van der Waals surface area (Å²) in [7, 11) is 0. The summed E-state index contributed by atoms with van der Waals surface area (Å²) in [4.78, 5) is 2.64. The van der Waals surface area contributed by atoms with E-state index in [0.717, 1.165) is 17.6 Å². The molecule has 2 aliphatic heterocycles. The number of likely N-dealkylation sites (tertiary alicyclic amines) is 1. The summed E-state index contributed by atoms with van der Waals surface area (Å²) in [6, 6.07) is 9.44. The van der Waals surface area contributed by atoms with Crippen LogP contribution in [0.2, 0.25) is 0 Å². The number of ether oxygens (including phenoxy) is 1. The van der Waals surface area contributed by atoms with Crippen molar-refractivity contribution in [3.63, 3.8) is 0 Å². The number of nitrogens with zero attached hydrogens (tertiary/aromatic N) is 1. The average Bonchev–Trinajstić information content (AvgIpc) is 2.93. The molecule has 0 radical (unpaired) electrons. The lowest BCUT2D eigenvalue weighted by Crippen LogP contribution is -2.38. The summed E-state index contributed by atoms with van der Waals surface area (Å²) >= 11 is 3.52. The van der Waals surface area contributed by atoms with E-state index >= 15 is 0 Å². The first-order valence-corrected chi connectivity index (χ1v) is 8.23. The Kier molecular flexibility index (Phi) is 4.57. The third-order valence-electron chi connectivity index (χ3n) is 4.33. The summed E-state index contributed by atoms with van der Waals surface area (Å²) in [6.45, 7) is 3.29. The molecule has 0 spiro atoms. The van der Waals surface area contributed by atoms with Gasteiger partial charge in [-0.2, -0.15) is 0 Å². The van der Waals surface area contributed by atoms with E-state index in [1.165, 1.54) is 44.2 Å². The van der Waals surface area contributed by atoms with Crippen LogP contribution in [0.1, 0.15) is 43.7 Å². The van der Waals surface area contributed by atoms with Gasteiger partial charge in [0.25, 0.3) is 0 Å². The predicted octanol–water partition coefficient (Wildman–Crippen LogP) is 4.16. The maximum atomic E-state index is 5.81. The lowest BCUT2D eigenvalue weighted by molar-refractivity contribution is 0.0439. The van der Waals surface area contributed by atoms with Crippen LogP contribution in [0.3, 0.4) is 0 Å². The highest BCUT2D eigenvalue weighted by atomic mass is 79.9. The quantitative estimate of drug-likeness (QED) is 0.828. The molecule has 1 aromatic rings. The van der Waals surface area contributed by atoms with Crippen LogP contribution in [0.4, 0.5) is 0 Å². The Labute approximate surface area is 124 Å². The van der Waals surface area contributed by atoms with Crippen molar-refractivity contribution in [3.05, 3.63) is 34.3 Å². The second-order valence-corrected chi connectivity index (χ2v) is 6.61. The Morgan fingerprint density at radius 3 is 2.68 bits per heavy atom. The highest BCUT2D eigenvalue weighted by Gasteiger charge is 2.27. The Morgan fingerprint density at radius 2 is 1.95 bits per heavy atom. The van der Waals surface area contributed by atoms with E-state index in [2.05, 4.69) is 45.1 Å². The minimum atomic E-state index is 0.469. The number of hydrogen-bond donors (Lipinski definition) is 0. The van der Waals surface area contributed by atoms with Crippen LogP contribution in [-0.2, 0) is 4.74 Å². The van der Waals surface area contributed by atoms with Crippen LogP contribution in [0.25, 0.3) is 0 Å². The van der Waals surface area contributed by atoms with Gasteiger partial charge in [-0.15, -0.1) is 0 Å². The third-order valence-corrected chi connectivity index (χ3v) is 4.86. The molecule has 0 amide bonds. The SMILES string of the molecule is Brc1ccc(C2CCCCN2CC2CCCO2)cc1. The van der Waals surface area contributed by atoms with Gasteiger partial charge in [0.15, 0.2) is 0 Å². The van der Waals surface area contributed by atoms with Crippen molar-refractivity contribution in [1.29, 1.82) is 0 Å². The van der Waals surface area contributed by atoms with E-state index in [9.17, 15) is 0 Å². The van der Waals surface area contributed by atoms with Gasteiger partial charge in [0.1, 0.15) is 0 Å². The number of hydrogen-bond acceptors (Lipinski definition) is 2. The molecule has 2 saturated heterocycles. The Bertz CT molecular complexity index is 400. The van der Waals surface area contributed by atoms with Crippen LogP contribution in [0.15, 0.2) is 28.7 Å². The molecule has 2 aliphatic rings. The van der Waals surface area contributed by atoms with Gasteiger partial charge in [0.05, 0.1) is 6.10 Å². The molecular weight excluding hydrogens is 302 g/mol. The van der Waals surface area contributed by atoms with E-state index < -0.39 is 0 Å². The van der Waals surface area contributed by atoms with E-state index in [1.54, 1.807) is 0 Å². The molecule has 2 fully saturated rings. The molecule has 0 aliphatic carbocycles. The second kappa shape index (κ2) is 6.38. The van der Waals surface area contributed by atoms with E-state index in [4.69, 9.17) is 4.74 Å². The molecule has 19 heavy (non-hydrogen) atoms. The Morgan fingerprint density at radius 1 is 1.11 bits per heavy atom. The maximum Gasteiger partial charge on any atom is 0.0703 e. The monoisotopic (exact) mass is 323 g/mol. The standard InChI is InChI=1S/C16H22BrNO/c17-14-8-6-13(7-9-14)16-5-1-2-10-18(16)12-15-4-3-11-19-15/h6-9,15-16H,1-5,10-12H2. The van der Waals surface area contributed by atoms with Crippen LogP contribution in [-0.4, -0.2) is 30.7 Å². The summed E-state index contributed by atoms with van der Waals surface area (Å²) in [6.07, 6.45) is 6.91. The number of halogens is 1. The molecule has 3 heteroatoms. The molecule has 1 aromatic carbocycles. The molecule has 0 aromatic heterocycles. The van der Waals surface area contributed by atoms with E-state index in [-0.39, 0.29) is 0 Å². The topological polar surface area (TPSA) is 12.5 Å². The van der Waals surface area contributed by atoms with Gasteiger partial charge in [-0.25, -0.2) is 0 Å². The van der Waals surface area contributed by atoms with Crippen molar-refractivity contribution in [3.8, 4) is 0 Å². The average molecular weight is 324 g/mol. The van der Waals surface area contributed by atoms with Gasteiger partial charge in [0, 0.05) is 23.7 Å². The highest BCUT2D eigenvalue weighted by Crippen LogP contribution is 2.32. The van der Waals surface area contributed by atoms with Gasteiger partial charge in [-0.1, -0.05) is 34.5 Å². The van der Waals surface area contributed by atoms with Crippen LogP contribution >= 0.6 is 15.9 Å². The van der Waals surface area contributed by atoms with Gasteiger partial charge in [-0.05, 0) is 49.9 Å². The van der Waals surface area contributed by atoms with Crippen molar-refractivity contribution in [2.45, 2.75) is 44.2 Å². The first kappa shape index (κ1) is 13.6. The fourth-order valence-electron chi connectivity index (χ4n) is 3.32. The Balaban J connectivity index is 1.70. The number of benzene rings is 1. The zero-order chi connectivity index (χ0) is 13.1. The molecular formula is C16H22BrNO. The molecule has 104 valence electrons. The maximum absolute atomic E-state index is 5.81. The summed E-state index contributed by atoms with van der Waals surface area (Å²) in [5.41, 5.74) is 1.46. The molecule has 0 N–H and O–H groups in total. The van der Waals surface area contributed by atoms with Crippen LogP contribution < -0.4 is 0 Å². The second-order valence-electron chi connectivity index (χ2n) is 5.69. The van der Waals surface area contributed by atoms with E-state index in [0.29, 0.717) is 12.1 Å². The van der Waals surface area contributed by atoms with Crippen molar-refractivity contribution < 1.29 is 4.74 Å². The highest BCUT2D eigenvalue weighted by molar-refractivity contribution is 9.10. The number of piperidine rings is 1. The first-order valence-electron chi connectivity index (χ1n) is 7.44. The van der Waals surface area contributed by atoms with Crippen molar-refractivity contribution >= 4 is 15.9 Å². The third kappa shape index (κ3) is 3.39. The fraction of sp³-hybridized carbons (Fsp3) is 0.625. The lowest BCUT2D eigenvalue weighted by Gasteiger charge is -2.37. The van der Waals surface area contributed by atoms with Crippen molar-refractivity contribution in [1.82, 2.24) is 4.90 Å².